The molecule has 0 aliphatic carbocycles. The Morgan fingerprint density at radius 2 is 1.40 bits per heavy atom. The van der Waals surface area contributed by atoms with E-state index in [1.165, 1.54) is 29.9 Å². The molecule has 2 aliphatic rings. The maximum Gasteiger partial charge on any atom is 0.223 e. The second-order valence-corrected chi connectivity index (χ2v) is 14.3. The van der Waals surface area contributed by atoms with Gasteiger partial charge >= 0.3 is 0 Å². The Kier molecular flexibility index (Phi) is 13.2. The van der Waals surface area contributed by atoms with Gasteiger partial charge in [0.2, 0.25) is 11.9 Å². The number of nitrogens with zero attached hydrogens (tertiary/aromatic N) is 11. The topological polar surface area (TPSA) is 196 Å². The largest absolute Gasteiger partial charge is 0.354 e. The normalized spacial score (nSPS) is 14.7. The number of allylic oxidation sites excluding steroid dienone is 2. The van der Waals surface area contributed by atoms with Crippen molar-refractivity contribution in [3.05, 3.63) is 159 Å². The van der Waals surface area contributed by atoms with Crippen molar-refractivity contribution in [2.45, 2.75) is 26.4 Å². The molecule has 8 rings (SSSR count). The van der Waals surface area contributed by atoms with Crippen LogP contribution in [0, 0.1) is 29.6 Å². The third-order valence-corrected chi connectivity index (χ3v) is 10.3. The highest BCUT2D eigenvalue weighted by molar-refractivity contribution is 8.06. The minimum atomic E-state index is 0.491. The van der Waals surface area contributed by atoms with Gasteiger partial charge in [-0.05, 0) is 42.2 Å². The van der Waals surface area contributed by atoms with Crippen LogP contribution in [0.5, 0.6) is 0 Å². The number of nitriles is 2. The van der Waals surface area contributed by atoms with Gasteiger partial charge in [-0.1, -0.05) is 84.2 Å². The zero-order valence-electron chi connectivity index (χ0n) is 31.3. The Bertz CT molecular complexity index is 2520. The smallest absolute Gasteiger partial charge is 0.223 e. The second-order valence-electron chi connectivity index (χ2n) is 12.5. The molecule has 17 heteroatoms. The van der Waals surface area contributed by atoms with E-state index in [1.807, 2.05) is 95.3 Å². The third kappa shape index (κ3) is 10.1. The summed E-state index contributed by atoms with van der Waals surface area (Å²) >= 11 is 2.98. The molecule has 58 heavy (non-hydrogen) atoms. The number of anilines is 2. The van der Waals surface area contributed by atoms with Gasteiger partial charge in [0.25, 0.3) is 0 Å². The van der Waals surface area contributed by atoms with Gasteiger partial charge in [0.1, 0.15) is 35.9 Å². The summed E-state index contributed by atoms with van der Waals surface area (Å²) in [5.41, 5.74) is 7.15. The van der Waals surface area contributed by atoms with E-state index in [-0.39, 0.29) is 0 Å². The molecule has 15 nitrogen and oxygen atoms in total. The van der Waals surface area contributed by atoms with E-state index in [2.05, 4.69) is 68.5 Å². The lowest BCUT2D eigenvalue weighted by Gasteiger charge is -2.11. The highest BCUT2D eigenvalue weighted by Gasteiger charge is 2.21. The summed E-state index contributed by atoms with van der Waals surface area (Å²) in [5, 5.41) is 46.4. The molecule has 2 aliphatic heterocycles. The van der Waals surface area contributed by atoms with Crippen molar-refractivity contribution in [1.82, 2.24) is 55.1 Å². The van der Waals surface area contributed by atoms with Gasteiger partial charge in [-0.2, -0.15) is 20.7 Å². The van der Waals surface area contributed by atoms with Crippen LogP contribution >= 0.6 is 23.5 Å². The molecule has 0 radical (unpaired) electrons. The first kappa shape index (κ1) is 39.0. The summed E-state index contributed by atoms with van der Waals surface area (Å²) in [6, 6.07) is 28.2. The number of nitrogens with one attached hydrogen (secondary N) is 4. The first-order valence-electron chi connectivity index (χ1n) is 18.2. The molecule has 0 unspecified atom stereocenters. The van der Waals surface area contributed by atoms with Crippen LogP contribution in [0.15, 0.2) is 131 Å². The summed E-state index contributed by atoms with van der Waals surface area (Å²) in [7, 11) is 0. The molecule has 6 heterocycles. The predicted molar refractivity (Wildman–Crippen MR) is 228 cm³/mol. The molecule has 0 saturated heterocycles. The highest BCUT2D eigenvalue weighted by atomic mass is 32.2. The Labute approximate surface area is 343 Å². The number of benzene rings is 2. The molecule has 0 bridgehead atoms. The maximum absolute atomic E-state index is 9.84. The van der Waals surface area contributed by atoms with Gasteiger partial charge in [0, 0.05) is 55.2 Å². The van der Waals surface area contributed by atoms with Crippen LogP contribution in [0.1, 0.15) is 34.5 Å². The lowest BCUT2D eigenvalue weighted by molar-refractivity contribution is 0.589. The predicted octanol–water partition coefficient (Wildman–Crippen LogP) is 6.72. The maximum atomic E-state index is 9.84. The molecule has 2 aromatic carbocycles. The van der Waals surface area contributed by atoms with Gasteiger partial charge in [-0.3, -0.25) is 9.36 Å². The minimum absolute atomic E-state index is 0.491. The number of hydrogen-bond donors (Lipinski definition) is 4. The lowest BCUT2D eigenvalue weighted by Crippen LogP contribution is -2.14. The molecule has 6 aromatic rings. The summed E-state index contributed by atoms with van der Waals surface area (Å²) in [4.78, 5) is 21.6. The monoisotopic (exact) mass is 803 g/mol. The third-order valence-electron chi connectivity index (χ3n) is 8.55. The zero-order chi connectivity index (χ0) is 39.9. The first-order valence-corrected chi connectivity index (χ1v) is 20.0. The van der Waals surface area contributed by atoms with E-state index >= 15 is 0 Å². The second kappa shape index (κ2) is 19.6. The molecule has 0 saturated carbocycles. The van der Waals surface area contributed by atoms with E-state index < -0.39 is 0 Å². The van der Waals surface area contributed by atoms with Crippen molar-refractivity contribution < 1.29 is 0 Å². The van der Waals surface area contributed by atoms with E-state index in [4.69, 9.17) is 0 Å². The number of rotatable bonds is 13. The van der Waals surface area contributed by atoms with Crippen LogP contribution in [0.25, 0.3) is 22.5 Å². The molecule has 288 valence electrons. The van der Waals surface area contributed by atoms with Crippen molar-refractivity contribution in [1.29, 1.82) is 10.5 Å². The van der Waals surface area contributed by atoms with Crippen LogP contribution in [0.3, 0.4) is 0 Å². The lowest BCUT2D eigenvalue weighted by atomic mass is 10.1. The molecule has 4 aromatic heterocycles. The Morgan fingerprint density at radius 1 is 0.724 bits per heavy atom. The molecular weight excluding hydrogens is 767 g/mol. The average Bonchev–Trinajstić information content (AvgIpc) is 4.12. The van der Waals surface area contributed by atoms with Crippen LogP contribution in [-0.4, -0.2) is 57.6 Å². The van der Waals surface area contributed by atoms with Crippen molar-refractivity contribution in [2.75, 3.05) is 23.7 Å². The Morgan fingerprint density at radius 3 is 2.03 bits per heavy atom. The SMILES string of the molecule is Cc1cnc(NCCn2cccn2)nc1C(C#N)=C1NC(c2ccccc2)=CS1.N#CC(=C1NC(c2ccccc2)=CS1)c1ccnc(NCCCn2cncn2)n1. The quantitative estimate of drug-likeness (QED) is 0.0709. The first-order chi connectivity index (χ1) is 28.6. The van der Waals surface area contributed by atoms with Crippen LogP contribution in [0.4, 0.5) is 11.9 Å². The average molecular weight is 804 g/mol. The van der Waals surface area contributed by atoms with E-state index in [0.29, 0.717) is 54.1 Å². The van der Waals surface area contributed by atoms with E-state index in [0.717, 1.165) is 51.1 Å². The fraction of sp³-hybridized carbons (Fsp3) is 0.146. The van der Waals surface area contributed by atoms with E-state index in [1.54, 1.807) is 35.7 Å². The number of aromatic nitrogens is 9. The zero-order valence-corrected chi connectivity index (χ0v) is 33.0. The van der Waals surface area contributed by atoms with Gasteiger partial charge < -0.3 is 21.3 Å². The highest BCUT2D eigenvalue weighted by Crippen LogP contribution is 2.36. The fourth-order valence-electron chi connectivity index (χ4n) is 5.66. The Hall–Kier alpha value is -7.21. The Balaban J connectivity index is 0.000000177. The van der Waals surface area contributed by atoms with Crippen molar-refractivity contribution in [3.63, 3.8) is 0 Å². The van der Waals surface area contributed by atoms with Crippen molar-refractivity contribution in [2.24, 2.45) is 0 Å². The van der Waals surface area contributed by atoms with Crippen LogP contribution < -0.4 is 21.3 Å². The summed E-state index contributed by atoms with van der Waals surface area (Å²) in [6.07, 6.45) is 11.1. The number of hydrogen-bond acceptors (Lipinski definition) is 15. The summed E-state index contributed by atoms with van der Waals surface area (Å²) in [6.45, 7) is 4.69. The van der Waals surface area contributed by atoms with Gasteiger partial charge in [-0.15, -0.1) is 0 Å². The summed E-state index contributed by atoms with van der Waals surface area (Å²) in [5.74, 6) is 0.985. The summed E-state index contributed by atoms with van der Waals surface area (Å²) < 4.78 is 3.61. The standard InChI is InChI=1S/C21H19N7S.C20H18N8S/c1-15-13-24-21(23-9-11-28-10-5-8-25-28)27-19(15)17(12-22)20-26-18(14-29-20)16-6-3-2-4-7-16;21-11-16(19-26-18(12-29-19)15-5-2-1-3-6-15)17-7-9-24-20(27-17)23-8-4-10-28-14-22-13-25-28/h2-8,10,13-14,26H,9,11H2,1H3,(H,23,24,27);1-3,5-7,9,12-14,26H,4,8,10H2,(H,23,24,27). The van der Waals surface area contributed by atoms with Gasteiger partial charge in [0.15, 0.2) is 0 Å². The molecule has 0 spiro atoms. The molecular formula is C41H37N15S2. The number of thioether (sulfide) groups is 2. The van der Waals surface area contributed by atoms with Crippen LogP contribution in [-0.2, 0) is 13.1 Å². The number of aryl methyl sites for hydroxylation is 2. The van der Waals surface area contributed by atoms with Crippen LogP contribution in [0.2, 0.25) is 0 Å². The minimum Gasteiger partial charge on any atom is -0.354 e. The fourth-order valence-corrected chi connectivity index (χ4v) is 7.39. The molecule has 0 amide bonds. The molecule has 4 N–H and O–H groups in total. The van der Waals surface area contributed by atoms with Crippen molar-refractivity contribution in [3.8, 4) is 12.1 Å². The van der Waals surface area contributed by atoms with E-state index in [9.17, 15) is 10.5 Å². The van der Waals surface area contributed by atoms with Crippen molar-refractivity contribution >= 4 is 58.0 Å². The van der Waals surface area contributed by atoms with Gasteiger partial charge in [-0.25, -0.2) is 24.9 Å². The molecule has 0 atom stereocenters. The van der Waals surface area contributed by atoms with Gasteiger partial charge in [0.05, 0.1) is 39.4 Å². The molecule has 0 fully saturated rings.